The fraction of sp³-hybridized carbons (Fsp3) is 0.400. The molecule has 11 N–H and O–H groups in total. The summed E-state index contributed by atoms with van der Waals surface area (Å²) in [6.45, 7) is 1.14. The van der Waals surface area contributed by atoms with Crippen molar-refractivity contribution >= 4 is 11.0 Å². The number of phenols is 4. The monoisotopic (exact) mass is 553 g/mol. The second-order valence-electron chi connectivity index (χ2n) is 9.29. The first-order valence-electron chi connectivity index (χ1n) is 11.7. The Bertz CT molecular complexity index is 1330. The van der Waals surface area contributed by atoms with Crippen LogP contribution in [0.1, 0.15) is 6.92 Å². The molecule has 0 saturated carbocycles. The van der Waals surface area contributed by atoms with E-state index in [4.69, 9.17) is 13.9 Å². The summed E-state index contributed by atoms with van der Waals surface area (Å²) in [6, 6.07) is 6.98. The second-order valence-corrected chi connectivity index (χ2v) is 9.29. The summed E-state index contributed by atoms with van der Waals surface area (Å²) in [5, 5.41) is 111. The first-order chi connectivity index (χ1) is 18.3. The molecule has 14 heteroatoms. The summed E-state index contributed by atoms with van der Waals surface area (Å²) in [4.78, 5) is 0. The van der Waals surface area contributed by atoms with Crippen molar-refractivity contribution in [3.63, 3.8) is 0 Å². The lowest BCUT2D eigenvalue weighted by atomic mass is 9.90. The van der Waals surface area contributed by atoms with Crippen LogP contribution < -0.4 is 4.74 Å². The highest BCUT2D eigenvalue weighted by Crippen LogP contribution is 2.42. The van der Waals surface area contributed by atoms with Crippen LogP contribution in [0.15, 0.2) is 40.8 Å². The normalized spacial score (nSPS) is 26.6. The van der Waals surface area contributed by atoms with E-state index in [0.29, 0.717) is 0 Å². The van der Waals surface area contributed by atoms with E-state index in [1.807, 2.05) is 0 Å². The molecule has 0 aliphatic carbocycles. The van der Waals surface area contributed by atoms with Gasteiger partial charge in [-0.05, 0) is 19.1 Å². The van der Waals surface area contributed by atoms with Gasteiger partial charge < -0.3 is 65.6 Å². The lowest BCUT2D eigenvalue weighted by molar-refractivity contribution is -0.298. The van der Waals surface area contributed by atoms with E-state index in [1.54, 1.807) is 0 Å². The second kappa shape index (κ2) is 11.0. The Morgan fingerprint density at radius 3 is 2.13 bits per heavy atom. The number of fused-ring (bicyclic) bond motifs is 1. The van der Waals surface area contributed by atoms with Crippen LogP contribution in [0.2, 0.25) is 0 Å². The van der Waals surface area contributed by atoms with Gasteiger partial charge in [-0.25, -0.2) is 4.42 Å². The van der Waals surface area contributed by atoms with E-state index in [0.717, 1.165) is 25.1 Å². The van der Waals surface area contributed by atoms with E-state index < -0.39 is 72.4 Å². The number of phenolic OH excluding ortho intramolecular Hbond substituents is 4. The molecule has 1 fully saturated rings. The van der Waals surface area contributed by atoms with Gasteiger partial charge in [0.2, 0.25) is 12.0 Å². The Morgan fingerprint density at radius 1 is 0.795 bits per heavy atom. The minimum Gasteiger partial charge on any atom is -0.507 e. The maximum absolute atomic E-state index is 10.6. The van der Waals surface area contributed by atoms with Crippen molar-refractivity contribution in [3.05, 3.63) is 36.4 Å². The predicted molar refractivity (Wildman–Crippen MR) is 130 cm³/mol. The molecule has 39 heavy (non-hydrogen) atoms. The molecule has 2 heterocycles. The minimum atomic E-state index is -2.07. The first-order valence-corrected chi connectivity index (χ1v) is 11.7. The Morgan fingerprint density at radius 2 is 1.49 bits per heavy atom. The van der Waals surface area contributed by atoms with Gasteiger partial charge in [0.25, 0.3) is 0 Å². The SMILES string of the molecule is C[C@@H](O)[C@@H](O)[C@H](O)[C@@H](O)[C@H]1OC(Oc2cc3c(O)cc(O)cc3[o+]c2-c2ccc(O)c(O)c2)[C@H](O)[C@@H](O)[C@@H]1O. The number of aliphatic hydroxyl groups is 7. The zero-order valence-corrected chi connectivity index (χ0v) is 20.3. The van der Waals surface area contributed by atoms with Crippen LogP contribution in [0.25, 0.3) is 22.3 Å². The smallest absolute Gasteiger partial charge is 0.402 e. The van der Waals surface area contributed by atoms with Gasteiger partial charge in [0.1, 0.15) is 59.6 Å². The lowest BCUT2D eigenvalue weighted by Crippen LogP contribution is -2.64. The third kappa shape index (κ3) is 5.50. The fourth-order valence-corrected chi connectivity index (χ4v) is 4.20. The van der Waals surface area contributed by atoms with Crippen molar-refractivity contribution in [2.45, 2.75) is 62.0 Å². The first kappa shape index (κ1) is 28.5. The van der Waals surface area contributed by atoms with Gasteiger partial charge in [0, 0.05) is 18.2 Å². The summed E-state index contributed by atoms with van der Waals surface area (Å²) in [7, 11) is 0. The quantitative estimate of drug-likeness (QED) is 0.122. The van der Waals surface area contributed by atoms with Crippen molar-refractivity contribution in [1.82, 2.24) is 0 Å². The molecule has 1 aliphatic heterocycles. The lowest BCUT2D eigenvalue weighted by Gasteiger charge is -2.43. The van der Waals surface area contributed by atoms with Gasteiger partial charge >= 0.3 is 11.3 Å². The molecule has 3 aromatic rings. The number of rotatable bonds is 7. The minimum absolute atomic E-state index is 0.0208. The van der Waals surface area contributed by atoms with Crippen LogP contribution >= 0.6 is 0 Å². The molecule has 14 nitrogen and oxygen atoms in total. The third-order valence-electron chi connectivity index (χ3n) is 6.43. The average Bonchev–Trinajstić information content (AvgIpc) is 2.89. The molecule has 1 saturated heterocycles. The van der Waals surface area contributed by atoms with Crippen molar-refractivity contribution in [2.24, 2.45) is 0 Å². The van der Waals surface area contributed by atoms with Crippen LogP contribution in [-0.4, -0.2) is 111 Å². The van der Waals surface area contributed by atoms with Gasteiger partial charge in [-0.3, -0.25) is 0 Å². The molecular weight excluding hydrogens is 524 g/mol. The van der Waals surface area contributed by atoms with E-state index in [1.165, 1.54) is 18.2 Å². The Hall–Kier alpha value is -3.47. The van der Waals surface area contributed by atoms with E-state index in [9.17, 15) is 56.2 Å². The molecule has 4 rings (SSSR count). The standard InChI is InChI=1S/C25H28O14/c1-8(26)17(31)18(32)20(34)24-21(35)19(33)22(36)25(39-24)38-16-7-11-13(29)5-10(27)6-15(11)37-23(16)9-2-3-12(28)14(30)4-9/h2-8,17-22,24-26,31-36H,1H3,(H3-,27,28,29,30)/p+1/t8-,17-,18+,19+,20-,21+,22-,24-,25?/m1/s1. The maximum atomic E-state index is 10.6. The third-order valence-corrected chi connectivity index (χ3v) is 6.43. The van der Waals surface area contributed by atoms with E-state index >= 15 is 0 Å². The summed E-state index contributed by atoms with van der Waals surface area (Å²) in [5.74, 6) is -2.18. The number of ether oxygens (including phenoxy) is 2. The Balaban J connectivity index is 1.76. The van der Waals surface area contributed by atoms with Crippen LogP contribution in [0, 0.1) is 0 Å². The van der Waals surface area contributed by atoms with Crippen LogP contribution in [0.4, 0.5) is 0 Å². The zero-order chi connectivity index (χ0) is 28.8. The fourth-order valence-electron chi connectivity index (χ4n) is 4.20. The molecule has 1 unspecified atom stereocenters. The van der Waals surface area contributed by atoms with Crippen molar-refractivity contribution < 1.29 is 70.1 Å². The molecule has 0 spiro atoms. The molecule has 9 atom stereocenters. The van der Waals surface area contributed by atoms with Crippen molar-refractivity contribution in [1.29, 1.82) is 0 Å². The van der Waals surface area contributed by atoms with Crippen molar-refractivity contribution in [3.8, 4) is 40.1 Å². The highest BCUT2D eigenvalue weighted by atomic mass is 16.7. The highest BCUT2D eigenvalue weighted by molar-refractivity contribution is 5.88. The Kier molecular flexibility index (Phi) is 8.02. The maximum Gasteiger partial charge on any atom is 0.402 e. The summed E-state index contributed by atoms with van der Waals surface area (Å²) >= 11 is 0. The van der Waals surface area contributed by atoms with Crippen molar-refractivity contribution in [2.75, 3.05) is 0 Å². The average molecular weight is 553 g/mol. The van der Waals surface area contributed by atoms with Gasteiger partial charge in [-0.15, -0.1) is 0 Å². The van der Waals surface area contributed by atoms with Gasteiger partial charge in [-0.1, -0.05) is 0 Å². The largest absolute Gasteiger partial charge is 0.507 e. The number of hydrogen-bond donors (Lipinski definition) is 11. The van der Waals surface area contributed by atoms with Crippen LogP contribution in [0.5, 0.6) is 28.7 Å². The number of benzene rings is 2. The molecule has 1 aliphatic rings. The predicted octanol–water partition coefficient (Wildman–Crippen LogP) is -1.15. The van der Waals surface area contributed by atoms with Gasteiger partial charge in [0.05, 0.1) is 17.7 Å². The molecule has 0 bridgehead atoms. The molecular formula is C25H29O14+. The van der Waals surface area contributed by atoms with E-state index in [-0.39, 0.29) is 33.8 Å². The van der Waals surface area contributed by atoms with Crippen LogP contribution in [-0.2, 0) is 4.74 Å². The number of aromatic hydroxyl groups is 4. The number of aliphatic hydroxyl groups excluding tert-OH is 7. The summed E-state index contributed by atoms with van der Waals surface area (Å²) < 4.78 is 17.0. The highest BCUT2D eigenvalue weighted by Gasteiger charge is 2.50. The molecule has 0 amide bonds. The molecule has 1 aromatic heterocycles. The topological polar surface area (TPSA) is 252 Å². The summed E-state index contributed by atoms with van der Waals surface area (Å²) in [6.07, 6.45) is -17.0. The van der Waals surface area contributed by atoms with E-state index in [2.05, 4.69) is 0 Å². The summed E-state index contributed by atoms with van der Waals surface area (Å²) in [5.41, 5.74) is 0.0782. The molecule has 2 aromatic carbocycles. The molecule has 0 radical (unpaired) electrons. The van der Waals surface area contributed by atoms with Gasteiger partial charge in [0.15, 0.2) is 11.5 Å². The zero-order valence-electron chi connectivity index (χ0n) is 20.3. The molecule has 212 valence electrons. The number of hydrogen-bond acceptors (Lipinski definition) is 13. The van der Waals surface area contributed by atoms with Gasteiger partial charge in [-0.2, -0.15) is 0 Å². The Labute approximate surface area is 220 Å². The van der Waals surface area contributed by atoms with Crippen LogP contribution in [0.3, 0.4) is 0 Å².